The number of hydrogen-bond donors (Lipinski definition) is 0. The van der Waals surface area contributed by atoms with Crippen molar-refractivity contribution < 1.29 is 13.9 Å². The van der Waals surface area contributed by atoms with Gasteiger partial charge in [0.1, 0.15) is 5.82 Å². The van der Waals surface area contributed by atoms with E-state index in [1.165, 1.54) is 12.1 Å². The Balaban J connectivity index is 2.19. The number of nitrogens with zero attached hydrogens (tertiary/aromatic N) is 1. The molecule has 0 aromatic heterocycles. The molecule has 0 bridgehead atoms. The lowest BCUT2D eigenvalue weighted by Crippen LogP contribution is -2.51. The largest absolute Gasteiger partial charge is 0.375 e. The van der Waals surface area contributed by atoms with Crippen LogP contribution in [0.1, 0.15) is 24.2 Å². The molecular formula is C13H16FNO2. The van der Waals surface area contributed by atoms with Gasteiger partial charge in [0.15, 0.2) is 0 Å². The van der Waals surface area contributed by atoms with Crippen LogP contribution in [0.4, 0.5) is 4.39 Å². The van der Waals surface area contributed by atoms with Gasteiger partial charge in [0.2, 0.25) is 0 Å². The fourth-order valence-electron chi connectivity index (χ4n) is 2.01. The summed E-state index contributed by atoms with van der Waals surface area (Å²) in [6.07, 6.45) is 0.0151. The number of morpholine rings is 1. The zero-order valence-electron chi connectivity index (χ0n) is 10.0. The summed E-state index contributed by atoms with van der Waals surface area (Å²) in [5, 5.41) is 0. The fourth-order valence-corrected chi connectivity index (χ4v) is 2.01. The molecule has 0 spiro atoms. The monoisotopic (exact) mass is 237 g/mol. The molecule has 1 aromatic rings. The van der Waals surface area contributed by atoms with Crippen LogP contribution in [0.15, 0.2) is 24.3 Å². The Kier molecular flexibility index (Phi) is 3.43. The van der Waals surface area contributed by atoms with Crippen molar-refractivity contribution in [3.05, 3.63) is 35.6 Å². The van der Waals surface area contributed by atoms with E-state index in [0.29, 0.717) is 18.7 Å². The van der Waals surface area contributed by atoms with Crippen molar-refractivity contribution in [2.45, 2.75) is 26.0 Å². The van der Waals surface area contributed by atoms with Crippen LogP contribution in [0.2, 0.25) is 0 Å². The van der Waals surface area contributed by atoms with Crippen LogP contribution < -0.4 is 0 Å². The third-order valence-electron chi connectivity index (χ3n) is 3.22. The fraction of sp³-hybridized carbons (Fsp3) is 0.462. The van der Waals surface area contributed by atoms with Gasteiger partial charge in [-0.15, -0.1) is 0 Å². The van der Waals surface area contributed by atoms with Crippen molar-refractivity contribution in [1.82, 2.24) is 4.90 Å². The maximum atomic E-state index is 13.1. The van der Waals surface area contributed by atoms with E-state index < -0.39 is 0 Å². The highest BCUT2D eigenvalue weighted by Crippen LogP contribution is 2.17. The Morgan fingerprint density at radius 3 is 2.94 bits per heavy atom. The van der Waals surface area contributed by atoms with Crippen molar-refractivity contribution in [1.29, 1.82) is 0 Å². The van der Waals surface area contributed by atoms with E-state index >= 15 is 0 Å². The zero-order valence-corrected chi connectivity index (χ0v) is 10.0. The van der Waals surface area contributed by atoms with Crippen molar-refractivity contribution in [3.8, 4) is 0 Å². The molecule has 92 valence electrons. The molecule has 1 saturated heterocycles. The van der Waals surface area contributed by atoms with Gasteiger partial charge < -0.3 is 9.64 Å². The summed E-state index contributed by atoms with van der Waals surface area (Å²) in [7, 11) is 0. The summed E-state index contributed by atoms with van der Waals surface area (Å²) >= 11 is 0. The van der Waals surface area contributed by atoms with Crippen LogP contribution in [0.25, 0.3) is 0 Å². The Morgan fingerprint density at radius 2 is 2.24 bits per heavy atom. The van der Waals surface area contributed by atoms with E-state index in [1.54, 1.807) is 17.0 Å². The van der Waals surface area contributed by atoms with Crippen LogP contribution in [0.3, 0.4) is 0 Å². The third kappa shape index (κ3) is 2.47. The predicted molar refractivity (Wildman–Crippen MR) is 62.3 cm³/mol. The quantitative estimate of drug-likeness (QED) is 0.748. The first-order chi connectivity index (χ1) is 8.09. The molecule has 1 fully saturated rings. The SMILES string of the molecule is CC1OCCN(C(=O)c2cccc(F)c2)C1C. The number of ether oxygens (including phenoxy) is 1. The molecule has 4 heteroatoms. The van der Waals surface area contributed by atoms with Gasteiger partial charge in [-0.1, -0.05) is 6.07 Å². The molecule has 2 atom stereocenters. The van der Waals surface area contributed by atoms with E-state index in [0.717, 1.165) is 0 Å². The Morgan fingerprint density at radius 1 is 1.47 bits per heavy atom. The second kappa shape index (κ2) is 4.84. The maximum Gasteiger partial charge on any atom is 0.254 e. The lowest BCUT2D eigenvalue weighted by Gasteiger charge is -2.37. The minimum atomic E-state index is -0.384. The van der Waals surface area contributed by atoms with E-state index in [9.17, 15) is 9.18 Å². The second-order valence-electron chi connectivity index (χ2n) is 4.33. The number of hydrogen-bond acceptors (Lipinski definition) is 2. The van der Waals surface area contributed by atoms with E-state index in [-0.39, 0.29) is 23.9 Å². The molecule has 17 heavy (non-hydrogen) atoms. The molecule has 0 radical (unpaired) electrons. The van der Waals surface area contributed by atoms with Crippen molar-refractivity contribution in [3.63, 3.8) is 0 Å². The van der Waals surface area contributed by atoms with Crippen molar-refractivity contribution in [2.75, 3.05) is 13.2 Å². The number of rotatable bonds is 1. The van der Waals surface area contributed by atoms with Gasteiger partial charge in [-0.3, -0.25) is 4.79 Å². The third-order valence-corrected chi connectivity index (χ3v) is 3.22. The van der Waals surface area contributed by atoms with E-state index in [1.807, 2.05) is 13.8 Å². The molecular weight excluding hydrogens is 221 g/mol. The van der Waals surface area contributed by atoms with E-state index in [2.05, 4.69) is 0 Å². The lowest BCUT2D eigenvalue weighted by atomic mass is 10.1. The molecule has 0 N–H and O–H groups in total. The highest BCUT2D eigenvalue weighted by molar-refractivity contribution is 5.94. The van der Waals surface area contributed by atoms with Gasteiger partial charge in [-0.25, -0.2) is 4.39 Å². The summed E-state index contributed by atoms with van der Waals surface area (Å²) in [6.45, 7) is 4.98. The standard InChI is InChI=1S/C13H16FNO2/c1-9-10(2)17-7-6-15(9)13(16)11-4-3-5-12(14)8-11/h3-5,8-10H,6-7H2,1-2H3. The summed E-state index contributed by atoms with van der Waals surface area (Å²) in [4.78, 5) is 14.0. The zero-order chi connectivity index (χ0) is 12.4. The molecule has 1 aliphatic rings. The number of carbonyl (C=O) groups is 1. The molecule has 1 amide bonds. The highest BCUT2D eigenvalue weighted by atomic mass is 19.1. The van der Waals surface area contributed by atoms with Gasteiger partial charge in [0, 0.05) is 12.1 Å². The van der Waals surface area contributed by atoms with Gasteiger partial charge >= 0.3 is 0 Å². The summed E-state index contributed by atoms with van der Waals surface area (Å²) in [5.41, 5.74) is 0.394. The van der Waals surface area contributed by atoms with Crippen LogP contribution >= 0.6 is 0 Å². The molecule has 2 unspecified atom stereocenters. The lowest BCUT2D eigenvalue weighted by molar-refractivity contribution is -0.0440. The first-order valence-electron chi connectivity index (χ1n) is 5.77. The normalized spacial score (nSPS) is 24.8. The van der Waals surface area contributed by atoms with Gasteiger partial charge in [-0.2, -0.15) is 0 Å². The van der Waals surface area contributed by atoms with Crippen molar-refractivity contribution >= 4 is 5.91 Å². The van der Waals surface area contributed by atoms with Crippen LogP contribution in [0.5, 0.6) is 0 Å². The predicted octanol–water partition coefficient (Wildman–Crippen LogP) is 2.08. The number of halogens is 1. The Hall–Kier alpha value is -1.42. The molecule has 2 rings (SSSR count). The Labute approximate surface area is 100 Å². The molecule has 1 aromatic carbocycles. The first kappa shape index (κ1) is 12.0. The molecule has 1 heterocycles. The number of carbonyl (C=O) groups excluding carboxylic acids is 1. The highest BCUT2D eigenvalue weighted by Gasteiger charge is 2.29. The minimum absolute atomic E-state index is 0.0134. The van der Waals surface area contributed by atoms with Gasteiger partial charge in [0.05, 0.1) is 18.8 Å². The number of amides is 1. The van der Waals surface area contributed by atoms with Crippen LogP contribution in [-0.2, 0) is 4.74 Å². The summed E-state index contributed by atoms with van der Waals surface area (Å²) < 4.78 is 18.5. The molecule has 0 saturated carbocycles. The molecule has 0 aliphatic carbocycles. The van der Waals surface area contributed by atoms with Crippen LogP contribution in [0, 0.1) is 5.82 Å². The first-order valence-corrected chi connectivity index (χ1v) is 5.77. The maximum absolute atomic E-state index is 13.1. The smallest absolute Gasteiger partial charge is 0.254 e. The van der Waals surface area contributed by atoms with Gasteiger partial charge in [0.25, 0.3) is 5.91 Å². The minimum Gasteiger partial charge on any atom is -0.375 e. The average molecular weight is 237 g/mol. The summed E-state index contributed by atoms with van der Waals surface area (Å²) in [6, 6.07) is 5.81. The molecule has 1 aliphatic heterocycles. The summed E-state index contributed by atoms with van der Waals surface area (Å²) in [5.74, 6) is -0.517. The average Bonchev–Trinajstić information content (AvgIpc) is 2.32. The van der Waals surface area contributed by atoms with Crippen molar-refractivity contribution in [2.24, 2.45) is 0 Å². The van der Waals surface area contributed by atoms with Gasteiger partial charge in [-0.05, 0) is 32.0 Å². The number of benzene rings is 1. The topological polar surface area (TPSA) is 29.5 Å². The Bertz CT molecular complexity index is 422. The molecule has 3 nitrogen and oxygen atoms in total. The second-order valence-corrected chi connectivity index (χ2v) is 4.33. The van der Waals surface area contributed by atoms with Crippen LogP contribution in [-0.4, -0.2) is 36.1 Å². The van der Waals surface area contributed by atoms with E-state index in [4.69, 9.17) is 4.74 Å².